The smallest absolute Gasteiger partial charge is 0.246 e. The molecule has 0 aliphatic heterocycles. The fraction of sp³-hybridized carbons (Fsp3) is 0.545. The summed E-state index contributed by atoms with van der Waals surface area (Å²) in [6.45, 7) is 8.11. The molecule has 0 amide bonds. The maximum atomic E-state index is 11.8. The van der Waals surface area contributed by atoms with Crippen LogP contribution in [0, 0.1) is 13.8 Å². The fourth-order valence-corrected chi connectivity index (χ4v) is 1.92. The second kappa shape index (κ2) is 3.43. The van der Waals surface area contributed by atoms with Crippen LogP contribution >= 0.6 is 0 Å². The molecular formula is C11H16N4O. The molecule has 2 aromatic rings. The van der Waals surface area contributed by atoms with Crippen molar-refractivity contribution in [3.05, 3.63) is 27.4 Å². The van der Waals surface area contributed by atoms with Crippen molar-refractivity contribution in [2.75, 3.05) is 0 Å². The number of aromatic nitrogens is 4. The van der Waals surface area contributed by atoms with E-state index in [1.165, 1.54) is 4.68 Å². The minimum absolute atomic E-state index is 0.140. The van der Waals surface area contributed by atoms with Gasteiger partial charge < -0.3 is 0 Å². The summed E-state index contributed by atoms with van der Waals surface area (Å²) < 4.78 is 2.88. The van der Waals surface area contributed by atoms with Gasteiger partial charge in [-0.3, -0.25) is 0 Å². The molecule has 0 aliphatic carbocycles. The maximum Gasteiger partial charge on any atom is 0.351 e. The van der Waals surface area contributed by atoms with Crippen LogP contribution < -0.4 is 5.69 Å². The molecule has 5 nitrogen and oxygen atoms in total. The molecule has 0 saturated heterocycles. The van der Waals surface area contributed by atoms with E-state index < -0.39 is 0 Å². The number of nitrogens with zero attached hydrogens (tertiary/aromatic N) is 4. The highest BCUT2D eigenvalue weighted by molar-refractivity contribution is 5.37. The lowest BCUT2D eigenvalue weighted by molar-refractivity contribution is 0.729. The number of fused-ring (bicyclic) bond motifs is 1. The average molecular weight is 220 g/mol. The molecule has 0 radical (unpaired) electrons. The normalized spacial score (nSPS) is 11.6. The Hall–Kier alpha value is -1.65. The third-order valence-corrected chi connectivity index (χ3v) is 2.94. The van der Waals surface area contributed by atoms with Gasteiger partial charge in [0.25, 0.3) is 5.78 Å². The van der Waals surface area contributed by atoms with E-state index in [0.717, 1.165) is 17.0 Å². The van der Waals surface area contributed by atoms with Crippen molar-refractivity contribution in [1.29, 1.82) is 0 Å². The maximum absolute atomic E-state index is 11.8. The van der Waals surface area contributed by atoms with E-state index in [1.807, 2.05) is 13.8 Å². The summed E-state index contributed by atoms with van der Waals surface area (Å²) in [7, 11) is 1.64. The van der Waals surface area contributed by atoms with Gasteiger partial charge in [0.2, 0.25) is 0 Å². The van der Waals surface area contributed by atoms with Crippen molar-refractivity contribution in [3.8, 4) is 0 Å². The zero-order valence-corrected chi connectivity index (χ0v) is 10.3. The molecule has 16 heavy (non-hydrogen) atoms. The lowest BCUT2D eigenvalue weighted by Crippen LogP contribution is -2.20. The molecule has 0 fully saturated rings. The van der Waals surface area contributed by atoms with Crippen LogP contribution in [-0.2, 0) is 7.05 Å². The van der Waals surface area contributed by atoms with Crippen molar-refractivity contribution in [1.82, 2.24) is 19.2 Å². The SMILES string of the molecule is Cc1c(C(C)C)nc2nn(C)c(=O)n2c1C. The van der Waals surface area contributed by atoms with E-state index in [1.54, 1.807) is 11.4 Å². The lowest BCUT2D eigenvalue weighted by Gasteiger charge is -2.11. The predicted molar refractivity (Wildman–Crippen MR) is 61.8 cm³/mol. The number of aryl methyl sites for hydroxylation is 2. The zero-order chi connectivity index (χ0) is 12.0. The van der Waals surface area contributed by atoms with Crippen molar-refractivity contribution >= 4 is 5.78 Å². The van der Waals surface area contributed by atoms with Gasteiger partial charge in [-0.25, -0.2) is 18.9 Å². The van der Waals surface area contributed by atoms with Crippen molar-refractivity contribution in [3.63, 3.8) is 0 Å². The van der Waals surface area contributed by atoms with Crippen molar-refractivity contribution in [2.24, 2.45) is 7.05 Å². The molecule has 0 saturated carbocycles. The Morgan fingerprint density at radius 1 is 1.25 bits per heavy atom. The molecule has 0 unspecified atom stereocenters. The highest BCUT2D eigenvalue weighted by Crippen LogP contribution is 2.19. The van der Waals surface area contributed by atoms with E-state index in [4.69, 9.17) is 0 Å². The summed E-state index contributed by atoms with van der Waals surface area (Å²) >= 11 is 0. The molecule has 0 aromatic carbocycles. The van der Waals surface area contributed by atoms with E-state index in [2.05, 4.69) is 23.9 Å². The van der Waals surface area contributed by atoms with Gasteiger partial charge in [-0.05, 0) is 25.3 Å². The van der Waals surface area contributed by atoms with Crippen LogP contribution in [0.25, 0.3) is 5.78 Å². The standard InChI is InChI=1S/C11H16N4O/c1-6(2)9-7(3)8(4)15-10(12-9)13-14(5)11(15)16/h6H,1-5H3. The van der Waals surface area contributed by atoms with Gasteiger partial charge >= 0.3 is 5.69 Å². The first kappa shape index (κ1) is 10.9. The molecule has 0 bridgehead atoms. The van der Waals surface area contributed by atoms with Crippen molar-refractivity contribution < 1.29 is 0 Å². The molecule has 5 heteroatoms. The van der Waals surface area contributed by atoms with Crippen LogP contribution in [0.5, 0.6) is 0 Å². The topological polar surface area (TPSA) is 52.2 Å². The van der Waals surface area contributed by atoms with Gasteiger partial charge in [0, 0.05) is 12.7 Å². The third kappa shape index (κ3) is 1.35. The lowest BCUT2D eigenvalue weighted by atomic mass is 10.0. The first-order chi connectivity index (χ1) is 7.43. The van der Waals surface area contributed by atoms with Crippen LogP contribution in [0.2, 0.25) is 0 Å². The molecular weight excluding hydrogens is 204 g/mol. The predicted octanol–water partition coefficient (Wildman–Crippen LogP) is 1.17. The highest BCUT2D eigenvalue weighted by Gasteiger charge is 2.15. The first-order valence-electron chi connectivity index (χ1n) is 5.36. The summed E-state index contributed by atoms with van der Waals surface area (Å²) in [4.78, 5) is 16.3. The second-order valence-corrected chi connectivity index (χ2v) is 4.40. The molecule has 2 heterocycles. The molecule has 0 N–H and O–H groups in total. The first-order valence-corrected chi connectivity index (χ1v) is 5.36. The van der Waals surface area contributed by atoms with Gasteiger partial charge in [0.15, 0.2) is 0 Å². The van der Waals surface area contributed by atoms with Crippen LogP contribution in [-0.4, -0.2) is 19.2 Å². The number of hydrogen-bond acceptors (Lipinski definition) is 3. The minimum atomic E-state index is -0.140. The van der Waals surface area contributed by atoms with Gasteiger partial charge in [0.1, 0.15) is 0 Å². The number of hydrogen-bond donors (Lipinski definition) is 0. The summed E-state index contributed by atoms with van der Waals surface area (Å²) in [6.07, 6.45) is 0. The Labute approximate surface area is 93.7 Å². The van der Waals surface area contributed by atoms with Gasteiger partial charge in [-0.2, -0.15) is 0 Å². The largest absolute Gasteiger partial charge is 0.351 e. The Bertz CT molecular complexity index is 606. The van der Waals surface area contributed by atoms with E-state index in [0.29, 0.717) is 11.7 Å². The molecule has 0 atom stereocenters. The van der Waals surface area contributed by atoms with Crippen molar-refractivity contribution in [2.45, 2.75) is 33.6 Å². The Kier molecular flexibility index (Phi) is 2.33. The molecule has 86 valence electrons. The molecule has 2 rings (SSSR count). The minimum Gasteiger partial charge on any atom is -0.246 e. The second-order valence-electron chi connectivity index (χ2n) is 4.40. The van der Waals surface area contributed by atoms with Gasteiger partial charge in [-0.15, -0.1) is 5.10 Å². The number of rotatable bonds is 1. The van der Waals surface area contributed by atoms with E-state index >= 15 is 0 Å². The van der Waals surface area contributed by atoms with Crippen LogP contribution in [0.4, 0.5) is 0 Å². The summed E-state index contributed by atoms with van der Waals surface area (Å²) in [6, 6.07) is 0. The van der Waals surface area contributed by atoms with E-state index in [9.17, 15) is 4.79 Å². The molecule has 0 spiro atoms. The Morgan fingerprint density at radius 2 is 1.88 bits per heavy atom. The third-order valence-electron chi connectivity index (χ3n) is 2.94. The zero-order valence-electron chi connectivity index (χ0n) is 10.3. The highest BCUT2D eigenvalue weighted by atomic mass is 16.2. The van der Waals surface area contributed by atoms with Gasteiger partial charge in [-0.1, -0.05) is 13.8 Å². The monoisotopic (exact) mass is 220 g/mol. The molecule has 2 aromatic heterocycles. The fourth-order valence-electron chi connectivity index (χ4n) is 1.92. The van der Waals surface area contributed by atoms with Crippen LogP contribution in [0.1, 0.15) is 36.7 Å². The Morgan fingerprint density at radius 3 is 2.44 bits per heavy atom. The van der Waals surface area contributed by atoms with E-state index in [-0.39, 0.29) is 5.69 Å². The summed E-state index contributed by atoms with van der Waals surface area (Å²) in [5, 5.41) is 4.11. The van der Waals surface area contributed by atoms with Crippen LogP contribution in [0.3, 0.4) is 0 Å². The average Bonchev–Trinajstić information content (AvgIpc) is 2.48. The quantitative estimate of drug-likeness (QED) is 0.725. The van der Waals surface area contributed by atoms with Gasteiger partial charge in [0.05, 0.1) is 5.69 Å². The molecule has 0 aliphatic rings. The Balaban J connectivity index is 2.94. The summed E-state index contributed by atoms with van der Waals surface area (Å²) in [5.74, 6) is 0.820. The van der Waals surface area contributed by atoms with Crippen LogP contribution in [0.15, 0.2) is 4.79 Å². The summed E-state index contributed by atoms with van der Waals surface area (Å²) in [5.41, 5.74) is 2.86.